The average molecular weight is 571 g/mol. The monoisotopic (exact) mass is 570 g/mol. The van der Waals surface area contributed by atoms with Gasteiger partial charge in [0, 0.05) is 0 Å². The lowest BCUT2D eigenvalue weighted by Gasteiger charge is -2.53. The molecule has 0 heterocycles. The maximum absolute atomic E-state index is 12.6. The van der Waals surface area contributed by atoms with E-state index in [-0.39, 0.29) is 16.7 Å². The van der Waals surface area contributed by atoms with Crippen LogP contribution in [0.5, 0.6) is 11.5 Å². The van der Waals surface area contributed by atoms with Crippen LogP contribution in [0.25, 0.3) is 0 Å². The van der Waals surface area contributed by atoms with Gasteiger partial charge in [-0.05, 0) is 138 Å². The summed E-state index contributed by atoms with van der Waals surface area (Å²) in [4.78, 5) is 12.6. The first-order valence-electron chi connectivity index (χ1n) is 17.1. The molecule has 0 aliphatic heterocycles. The van der Waals surface area contributed by atoms with Crippen molar-refractivity contribution >= 4 is 5.97 Å². The molecule has 0 radical (unpaired) electrons. The van der Waals surface area contributed by atoms with Crippen molar-refractivity contribution in [1.82, 2.24) is 0 Å². The number of ether oxygens (including phenoxy) is 1. The molecule has 2 aromatic rings. The van der Waals surface area contributed by atoms with E-state index in [9.17, 15) is 9.90 Å². The maximum atomic E-state index is 12.6. The largest absolute Gasteiger partial charge is 0.481 e. The number of fused-ring (bicyclic) bond motifs is 6. The van der Waals surface area contributed by atoms with Gasteiger partial charge >= 0.3 is 5.97 Å². The van der Waals surface area contributed by atoms with Gasteiger partial charge in [-0.3, -0.25) is 4.79 Å². The molecule has 228 valence electrons. The van der Waals surface area contributed by atoms with E-state index < -0.39 is 11.4 Å². The highest BCUT2D eigenvalue weighted by atomic mass is 16.5. The molecule has 6 unspecified atom stereocenters. The third kappa shape index (κ3) is 4.46. The Morgan fingerprint density at radius 3 is 1.90 bits per heavy atom. The molecule has 0 amide bonds. The van der Waals surface area contributed by atoms with Gasteiger partial charge in [0.1, 0.15) is 11.5 Å². The molecule has 1 N–H and O–H groups in total. The zero-order valence-corrected chi connectivity index (χ0v) is 27.5. The molecule has 2 fully saturated rings. The molecule has 0 bridgehead atoms. The molecule has 0 saturated heterocycles. The quantitative estimate of drug-likeness (QED) is 0.389. The molecule has 3 heteroatoms. The summed E-state index contributed by atoms with van der Waals surface area (Å²) < 4.78 is 7.15. The Bertz CT molecular complexity index is 1390. The molecular formula is C39H54O3. The Morgan fingerprint density at radius 1 is 0.786 bits per heavy atom. The van der Waals surface area contributed by atoms with Gasteiger partial charge < -0.3 is 9.84 Å². The topological polar surface area (TPSA) is 46.5 Å². The van der Waals surface area contributed by atoms with Crippen molar-refractivity contribution in [3.63, 3.8) is 0 Å². The lowest BCUT2D eigenvalue weighted by atomic mass is 9.49. The lowest BCUT2D eigenvalue weighted by molar-refractivity contribution is -0.157. The smallest absolute Gasteiger partial charge is 0.309 e. The van der Waals surface area contributed by atoms with Crippen molar-refractivity contribution in [3.8, 4) is 11.5 Å². The number of rotatable bonds is 5. The minimum atomic E-state index is -0.672. The van der Waals surface area contributed by atoms with Gasteiger partial charge in [-0.15, -0.1) is 0 Å². The standard InChI is InChI=1S/C39H54O3/c1-23(2)28-19-26-12-14-30-25(5)11-9-16-37(30,6)31(26)21-33(28)42-34-22-32-27(20-29(34)24(3)4)13-15-35-38(32,7)17-10-18-39(35,8)36(40)41/h19-25,30,35H,9-18H2,1-8H3,(H,40,41). The van der Waals surface area contributed by atoms with Crippen molar-refractivity contribution in [2.75, 3.05) is 0 Å². The molecule has 6 atom stereocenters. The van der Waals surface area contributed by atoms with E-state index in [1.165, 1.54) is 59.9 Å². The highest BCUT2D eigenvalue weighted by Crippen LogP contribution is 2.59. The van der Waals surface area contributed by atoms with E-state index in [0.29, 0.717) is 11.8 Å². The van der Waals surface area contributed by atoms with E-state index in [1.54, 1.807) is 5.56 Å². The van der Waals surface area contributed by atoms with Crippen LogP contribution in [-0.4, -0.2) is 11.1 Å². The van der Waals surface area contributed by atoms with Crippen LogP contribution in [0.4, 0.5) is 0 Å². The lowest BCUT2D eigenvalue weighted by Crippen LogP contribution is -2.52. The van der Waals surface area contributed by atoms with Crippen molar-refractivity contribution in [1.29, 1.82) is 0 Å². The van der Waals surface area contributed by atoms with E-state index >= 15 is 0 Å². The minimum Gasteiger partial charge on any atom is -0.481 e. The number of benzene rings is 2. The fourth-order valence-electron chi connectivity index (χ4n) is 10.4. The van der Waals surface area contributed by atoms with Crippen molar-refractivity contribution < 1.29 is 14.6 Å². The van der Waals surface area contributed by atoms with Crippen molar-refractivity contribution in [3.05, 3.63) is 57.6 Å². The fraction of sp³-hybridized carbons (Fsp3) is 0.667. The van der Waals surface area contributed by atoms with E-state index in [2.05, 4.69) is 72.7 Å². The predicted octanol–water partition coefficient (Wildman–Crippen LogP) is 10.5. The summed E-state index contributed by atoms with van der Waals surface area (Å²) in [5.74, 6) is 3.76. The third-order valence-electron chi connectivity index (χ3n) is 12.9. The third-order valence-corrected chi connectivity index (χ3v) is 12.9. The van der Waals surface area contributed by atoms with Crippen molar-refractivity contribution in [2.24, 2.45) is 23.2 Å². The van der Waals surface area contributed by atoms with Crippen LogP contribution < -0.4 is 4.74 Å². The summed E-state index contributed by atoms with van der Waals surface area (Å²) in [5, 5.41) is 10.3. The summed E-state index contributed by atoms with van der Waals surface area (Å²) in [5.41, 5.74) is 7.80. The van der Waals surface area contributed by atoms with Crippen LogP contribution >= 0.6 is 0 Å². The van der Waals surface area contributed by atoms with Gasteiger partial charge in [-0.1, -0.05) is 79.9 Å². The summed E-state index contributed by atoms with van der Waals surface area (Å²) in [7, 11) is 0. The van der Waals surface area contributed by atoms with Crippen molar-refractivity contribution in [2.45, 2.75) is 142 Å². The van der Waals surface area contributed by atoms with Crippen LogP contribution in [-0.2, 0) is 28.5 Å². The molecule has 2 saturated carbocycles. The van der Waals surface area contributed by atoms with Gasteiger partial charge in [0.05, 0.1) is 5.41 Å². The zero-order chi connectivity index (χ0) is 30.2. The molecule has 0 aromatic heterocycles. The molecule has 3 nitrogen and oxygen atoms in total. The number of carbonyl (C=O) groups is 1. The minimum absolute atomic E-state index is 0.140. The molecular weight excluding hydrogens is 516 g/mol. The highest BCUT2D eigenvalue weighted by molar-refractivity contribution is 5.75. The van der Waals surface area contributed by atoms with Crippen LogP contribution in [0.1, 0.15) is 152 Å². The van der Waals surface area contributed by atoms with E-state index in [0.717, 1.165) is 55.4 Å². The fourth-order valence-corrected chi connectivity index (χ4v) is 10.4. The molecule has 0 spiro atoms. The molecule has 42 heavy (non-hydrogen) atoms. The summed E-state index contributed by atoms with van der Waals surface area (Å²) >= 11 is 0. The molecule has 4 aliphatic carbocycles. The normalized spacial score (nSPS) is 33.9. The number of hydrogen-bond donors (Lipinski definition) is 1. The Labute approximate surface area is 254 Å². The van der Waals surface area contributed by atoms with Crippen LogP contribution in [0, 0.1) is 23.2 Å². The summed E-state index contributed by atoms with van der Waals surface area (Å²) in [6.07, 6.45) is 11.1. The molecule has 2 aromatic carbocycles. The van der Waals surface area contributed by atoms with E-state index in [4.69, 9.17) is 4.74 Å². The summed E-state index contributed by atoms with van der Waals surface area (Å²) in [6.45, 7) is 18.5. The Balaban J connectivity index is 1.47. The van der Waals surface area contributed by atoms with Crippen LogP contribution in [0.15, 0.2) is 24.3 Å². The van der Waals surface area contributed by atoms with Crippen LogP contribution in [0.3, 0.4) is 0 Å². The van der Waals surface area contributed by atoms with Gasteiger partial charge in [0.25, 0.3) is 0 Å². The molecule has 6 rings (SSSR count). The SMILES string of the molecule is CC(C)c1cc2c(cc1Oc1cc3c(cc1C(C)C)CCC1C(C)(C(=O)O)CCCC31C)C1(C)CCCC(C)C1CC2. The number of carboxylic acids is 1. The second-order valence-electron chi connectivity index (χ2n) is 16.0. The first-order valence-corrected chi connectivity index (χ1v) is 17.1. The Hall–Kier alpha value is -2.29. The number of carboxylic acid groups (broad SMARTS) is 1. The average Bonchev–Trinajstić information content (AvgIpc) is 2.92. The summed E-state index contributed by atoms with van der Waals surface area (Å²) in [6, 6.07) is 9.70. The second-order valence-corrected chi connectivity index (χ2v) is 16.0. The number of aliphatic carboxylic acids is 1. The maximum Gasteiger partial charge on any atom is 0.309 e. The first kappa shape index (κ1) is 29.8. The predicted molar refractivity (Wildman–Crippen MR) is 172 cm³/mol. The first-order chi connectivity index (χ1) is 19.8. The second kappa shape index (κ2) is 10.4. The molecule has 4 aliphatic rings. The Kier molecular flexibility index (Phi) is 7.38. The number of aryl methyl sites for hydroxylation is 2. The highest BCUT2D eigenvalue weighted by Gasteiger charge is 2.55. The van der Waals surface area contributed by atoms with Gasteiger partial charge in [0.15, 0.2) is 0 Å². The zero-order valence-electron chi connectivity index (χ0n) is 27.5. The Morgan fingerprint density at radius 2 is 1.33 bits per heavy atom. The number of hydrogen-bond acceptors (Lipinski definition) is 2. The van der Waals surface area contributed by atoms with Gasteiger partial charge in [-0.25, -0.2) is 0 Å². The van der Waals surface area contributed by atoms with Gasteiger partial charge in [0.2, 0.25) is 0 Å². The van der Waals surface area contributed by atoms with Gasteiger partial charge in [-0.2, -0.15) is 0 Å². The van der Waals surface area contributed by atoms with E-state index in [1.807, 2.05) is 6.92 Å². The van der Waals surface area contributed by atoms with Crippen LogP contribution in [0.2, 0.25) is 0 Å².